The van der Waals surface area contributed by atoms with Crippen LogP contribution < -0.4 is 5.32 Å². The Morgan fingerprint density at radius 3 is 2.96 bits per heavy atom. The summed E-state index contributed by atoms with van der Waals surface area (Å²) in [5.41, 5.74) is 1.80. The molecule has 6 heteroatoms. The molecule has 0 aliphatic heterocycles. The van der Waals surface area contributed by atoms with Crippen molar-refractivity contribution in [2.75, 3.05) is 20.3 Å². The number of ether oxygens (including phenoxy) is 1. The number of hydrogen-bond acceptors (Lipinski definition) is 4. The smallest absolute Gasteiger partial charge is 0.244 e. The van der Waals surface area contributed by atoms with Gasteiger partial charge in [0.05, 0.1) is 24.6 Å². The first-order chi connectivity index (χ1) is 11.2. The highest BCUT2D eigenvalue weighted by molar-refractivity contribution is 5.91. The Balaban J connectivity index is 1.81. The van der Waals surface area contributed by atoms with E-state index in [9.17, 15) is 9.90 Å². The Bertz CT molecular complexity index is 638. The zero-order chi connectivity index (χ0) is 16.5. The summed E-state index contributed by atoms with van der Waals surface area (Å²) in [5.74, 6) is -0.206. The molecule has 0 bridgehead atoms. The number of methoxy groups -OCH3 is 1. The fourth-order valence-corrected chi connectivity index (χ4v) is 2.01. The standard InChI is InChI=1S/C17H21N3O3/c1-23-13-16(21)9-10-18-17(22)8-7-14-11-19-20(12-14)15-5-3-2-4-6-15/h2-8,11-12,16,21H,9-10,13H2,1H3,(H,18,22)/b8-7+. The van der Waals surface area contributed by atoms with Crippen LogP contribution in [0, 0.1) is 0 Å². The number of aliphatic hydroxyl groups excluding tert-OH is 1. The number of aromatic nitrogens is 2. The number of para-hydroxylation sites is 1. The van der Waals surface area contributed by atoms with E-state index in [4.69, 9.17) is 4.74 Å². The number of nitrogens with one attached hydrogen (secondary N) is 1. The maximum absolute atomic E-state index is 11.7. The minimum absolute atomic E-state index is 0.206. The zero-order valence-electron chi connectivity index (χ0n) is 13.1. The molecule has 0 saturated carbocycles. The van der Waals surface area contributed by atoms with E-state index >= 15 is 0 Å². The maximum atomic E-state index is 11.7. The van der Waals surface area contributed by atoms with Gasteiger partial charge in [0.25, 0.3) is 0 Å². The van der Waals surface area contributed by atoms with E-state index in [1.54, 1.807) is 17.0 Å². The van der Waals surface area contributed by atoms with Gasteiger partial charge in [0.1, 0.15) is 0 Å². The van der Waals surface area contributed by atoms with Crippen LogP contribution in [0.1, 0.15) is 12.0 Å². The molecule has 0 saturated heterocycles. The van der Waals surface area contributed by atoms with E-state index in [1.807, 2.05) is 36.5 Å². The molecule has 6 nitrogen and oxygen atoms in total. The quantitative estimate of drug-likeness (QED) is 0.722. The van der Waals surface area contributed by atoms with Crippen LogP contribution in [0.5, 0.6) is 0 Å². The second-order valence-electron chi connectivity index (χ2n) is 5.08. The van der Waals surface area contributed by atoms with Crippen molar-refractivity contribution >= 4 is 12.0 Å². The Hall–Kier alpha value is -2.44. The molecule has 23 heavy (non-hydrogen) atoms. The second-order valence-corrected chi connectivity index (χ2v) is 5.08. The van der Waals surface area contributed by atoms with Gasteiger partial charge in [-0.15, -0.1) is 0 Å². The summed E-state index contributed by atoms with van der Waals surface area (Å²) in [4.78, 5) is 11.7. The Labute approximate surface area is 135 Å². The number of aliphatic hydroxyl groups is 1. The van der Waals surface area contributed by atoms with Crippen molar-refractivity contribution in [2.24, 2.45) is 0 Å². The number of carbonyl (C=O) groups is 1. The number of rotatable bonds is 8. The number of nitrogens with zero attached hydrogens (tertiary/aromatic N) is 2. The molecule has 1 unspecified atom stereocenters. The van der Waals surface area contributed by atoms with Crippen molar-refractivity contribution in [2.45, 2.75) is 12.5 Å². The van der Waals surface area contributed by atoms with Gasteiger partial charge in [-0.1, -0.05) is 18.2 Å². The van der Waals surface area contributed by atoms with Gasteiger partial charge in [0, 0.05) is 31.5 Å². The number of amides is 1. The van der Waals surface area contributed by atoms with E-state index in [0.717, 1.165) is 11.3 Å². The number of hydrogen-bond donors (Lipinski definition) is 2. The lowest BCUT2D eigenvalue weighted by atomic mass is 10.2. The van der Waals surface area contributed by atoms with E-state index in [2.05, 4.69) is 10.4 Å². The maximum Gasteiger partial charge on any atom is 0.244 e. The molecule has 1 aromatic heterocycles. The molecule has 1 aromatic carbocycles. The molecule has 0 fully saturated rings. The first-order valence-corrected chi connectivity index (χ1v) is 7.42. The lowest BCUT2D eigenvalue weighted by molar-refractivity contribution is -0.116. The molecule has 1 heterocycles. The average Bonchev–Trinajstić information content (AvgIpc) is 3.03. The van der Waals surface area contributed by atoms with Crippen molar-refractivity contribution in [3.63, 3.8) is 0 Å². The minimum Gasteiger partial charge on any atom is -0.391 e. The SMILES string of the molecule is COCC(O)CCNC(=O)/C=C/c1cnn(-c2ccccc2)c1. The van der Waals surface area contributed by atoms with Gasteiger partial charge in [-0.05, 0) is 24.6 Å². The highest BCUT2D eigenvalue weighted by atomic mass is 16.5. The zero-order valence-corrected chi connectivity index (χ0v) is 13.1. The summed E-state index contributed by atoms with van der Waals surface area (Å²) in [6, 6.07) is 9.74. The van der Waals surface area contributed by atoms with Crippen LogP contribution in [0.15, 0.2) is 48.8 Å². The summed E-state index contributed by atoms with van der Waals surface area (Å²) in [7, 11) is 1.53. The Morgan fingerprint density at radius 2 is 2.22 bits per heavy atom. The lowest BCUT2D eigenvalue weighted by Gasteiger charge is -2.08. The largest absolute Gasteiger partial charge is 0.391 e. The molecule has 1 amide bonds. The van der Waals surface area contributed by atoms with Gasteiger partial charge in [0.15, 0.2) is 0 Å². The molecule has 122 valence electrons. The first kappa shape index (κ1) is 16.9. The summed E-state index contributed by atoms with van der Waals surface area (Å²) in [6.07, 6.45) is 6.59. The average molecular weight is 315 g/mol. The van der Waals surface area contributed by atoms with Gasteiger partial charge >= 0.3 is 0 Å². The van der Waals surface area contributed by atoms with E-state index in [0.29, 0.717) is 13.0 Å². The van der Waals surface area contributed by atoms with Crippen molar-refractivity contribution < 1.29 is 14.6 Å². The molecule has 0 aliphatic rings. The molecular weight excluding hydrogens is 294 g/mol. The Morgan fingerprint density at radius 1 is 1.43 bits per heavy atom. The number of benzene rings is 1. The van der Waals surface area contributed by atoms with E-state index < -0.39 is 6.10 Å². The van der Waals surface area contributed by atoms with Crippen LogP contribution in [0.3, 0.4) is 0 Å². The molecular formula is C17H21N3O3. The predicted octanol–water partition coefficient (Wildman–Crippen LogP) is 1.40. The fourth-order valence-electron chi connectivity index (χ4n) is 2.01. The lowest BCUT2D eigenvalue weighted by Crippen LogP contribution is -2.27. The molecule has 2 rings (SSSR count). The van der Waals surface area contributed by atoms with Gasteiger partial charge in [-0.3, -0.25) is 4.79 Å². The molecule has 2 aromatic rings. The second kappa shape index (κ2) is 8.87. The summed E-state index contributed by atoms with van der Waals surface area (Å²) in [5, 5.41) is 16.4. The van der Waals surface area contributed by atoms with Gasteiger partial charge < -0.3 is 15.2 Å². The third-order valence-corrected chi connectivity index (χ3v) is 3.19. The topological polar surface area (TPSA) is 76.4 Å². The van der Waals surface area contributed by atoms with Gasteiger partial charge in [0.2, 0.25) is 5.91 Å². The third-order valence-electron chi connectivity index (χ3n) is 3.19. The highest BCUT2D eigenvalue weighted by Crippen LogP contribution is 2.08. The van der Waals surface area contributed by atoms with Gasteiger partial charge in [-0.2, -0.15) is 5.10 Å². The van der Waals surface area contributed by atoms with Crippen LogP contribution >= 0.6 is 0 Å². The van der Waals surface area contributed by atoms with Crippen molar-refractivity contribution in [1.82, 2.24) is 15.1 Å². The van der Waals surface area contributed by atoms with Gasteiger partial charge in [-0.25, -0.2) is 4.68 Å². The minimum atomic E-state index is -0.562. The third kappa shape index (κ3) is 5.69. The summed E-state index contributed by atoms with van der Waals surface area (Å²) < 4.78 is 6.57. The molecule has 0 radical (unpaired) electrons. The van der Waals surface area contributed by atoms with Crippen LogP contribution in [0.2, 0.25) is 0 Å². The molecule has 0 spiro atoms. The van der Waals surface area contributed by atoms with Crippen molar-refractivity contribution in [3.8, 4) is 5.69 Å². The highest BCUT2D eigenvalue weighted by Gasteiger charge is 2.04. The van der Waals surface area contributed by atoms with E-state index in [-0.39, 0.29) is 12.5 Å². The predicted molar refractivity (Wildman–Crippen MR) is 88.1 cm³/mol. The monoisotopic (exact) mass is 315 g/mol. The summed E-state index contributed by atoms with van der Waals surface area (Å²) >= 11 is 0. The molecule has 0 aliphatic carbocycles. The van der Waals surface area contributed by atoms with Crippen LogP contribution in [-0.4, -0.2) is 47.2 Å². The van der Waals surface area contributed by atoms with E-state index in [1.165, 1.54) is 13.2 Å². The van der Waals surface area contributed by atoms with Crippen LogP contribution in [0.4, 0.5) is 0 Å². The fraction of sp³-hybridized carbons (Fsp3) is 0.294. The molecule has 2 N–H and O–H groups in total. The van der Waals surface area contributed by atoms with Crippen molar-refractivity contribution in [1.29, 1.82) is 0 Å². The summed E-state index contributed by atoms with van der Waals surface area (Å²) in [6.45, 7) is 0.668. The number of carbonyl (C=O) groups excluding carboxylic acids is 1. The molecule has 1 atom stereocenters. The van der Waals surface area contributed by atoms with Crippen molar-refractivity contribution in [3.05, 3.63) is 54.4 Å². The first-order valence-electron chi connectivity index (χ1n) is 7.42. The normalized spacial score (nSPS) is 12.4. The Kier molecular flexibility index (Phi) is 6.53. The van der Waals surface area contributed by atoms with Crippen LogP contribution in [-0.2, 0) is 9.53 Å². The van der Waals surface area contributed by atoms with Crippen LogP contribution in [0.25, 0.3) is 11.8 Å².